The van der Waals surface area contributed by atoms with Gasteiger partial charge in [0.15, 0.2) is 0 Å². The monoisotopic (exact) mass is 319 g/mol. The fourth-order valence-electron chi connectivity index (χ4n) is 3.37. The van der Waals surface area contributed by atoms with Gasteiger partial charge in [-0.05, 0) is 37.6 Å². The molecule has 1 aromatic heterocycles. The Morgan fingerprint density at radius 2 is 2.17 bits per heavy atom. The number of rotatable bonds is 4. The van der Waals surface area contributed by atoms with E-state index in [2.05, 4.69) is 9.88 Å². The van der Waals surface area contributed by atoms with Crippen molar-refractivity contribution in [3.63, 3.8) is 0 Å². The van der Waals surface area contributed by atoms with Gasteiger partial charge in [0.2, 0.25) is 5.91 Å². The number of pyridine rings is 1. The predicted molar refractivity (Wildman–Crippen MR) is 86.0 cm³/mol. The second-order valence-corrected chi connectivity index (χ2v) is 6.61. The van der Waals surface area contributed by atoms with Crippen molar-refractivity contribution < 1.29 is 14.6 Å². The highest BCUT2D eigenvalue weighted by Crippen LogP contribution is 2.18. The number of carbonyl (C=O) groups excluding carboxylic acids is 1. The van der Waals surface area contributed by atoms with Crippen molar-refractivity contribution in [2.45, 2.75) is 24.9 Å². The molecular formula is C17H25N3O3. The van der Waals surface area contributed by atoms with Gasteiger partial charge in [-0.3, -0.25) is 9.78 Å². The van der Waals surface area contributed by atoms with Gasteiger partial charge >= 0.3 is 0 Å². The lowest BCUT2D eigenvalue weighted by atomic mass is 10.0. The molecule has 1 aromatic rings. The van der Waals surface area contributed by atoms with Crippen LogP contribution >= 0.6 is 0 Å². The molecule has 0 aromatic carbocycles. The third kappa shape index (κ3) is 4.50. The summed E-state index contributed by atoms with van der Waals surface area (Å²) in [4.78, 5) is 20.6. The molecule has 2 aliphatic rings. The van der Waals surface area contributed by atoms with Crippen molar-refractivity contribution in [3.8, 4) is 0 Å². The van der Waals surface area contributed by atoms with Gasteiger partial charge in [0.25, 0.3) is 0 Å². The summed E-state index contributed by atoms with van der Waals surface area (Å²) in [5.41, 5.74) is -0.0865. The number of ether oxygens (including phenoxy) is 1. The Balaban J connectivity index is 1.62. The molecule has 6 heteroatoms. The molecule has 1 atom stereocenters. The van der Waals surface area contributed by atoms with Crippen LogP contribution in [0.3, 0.4) is 0 Å². The number of carbonyl (C=O) groups is 1. The summed E-state index contributed by atoms with van der Waals surface area (Å²) in [5.74, 6) is 0.0170. The number of hydrogen-bond donors (Lipinski definition) is 1. The molecule has 3 heterocycles. The Bertz CT molecular complexity index is 519. The number of aromatic nitrogens is 1. The largest absolute Gasteiger partial charge is 0.384 e. The van der Waals surface area contributed by atoms with E-state index < -0.39 is 5.60 Å². The molecule has 2 saturated heterocycles. The van der Waals surface area contributed by atoms with Gasteiger partial charge in [-0.25, -0.2) is 0 Å². The van der Waals surface area contributed by atoms with Crippen LogP contribution in [0.25, 0.3) is 0 Å². The van der Waals surface area contributed by atoms with Gasteiger partial charge < -0.3 is 19.6 Å². The highest BCUT2D eigenvalue weighted by atomic mass is 16.5. The van der Waals surface area contributed by atoms with Crippen molar-refractivity contribution in [3.05, 3.63) is 30.1 Å². The minimum atomic E-state index is -0.981. The van der Waals surface area contributed by atoms with Gasteiger partial charge in [0.1, 0.15) is 5.60 Å². The Morgan fingerprint density at radius 3 is 2.91 bits per heavy atom. The van der Waals surface area contributed by atoms with E-state index in [-0.39, 0.29) is 5.91 Å². The van der Waals surface area contributed by atoms with Crippen molar-refractivity contribution in [2.75, 3.05) is 45.9 Å². The van der Waals surface area contributed by atoms with Crippen LogP contribution in [-0.2, 0) is 16.0 Å². The van der Waals surface area contributed by atoms with Crippen LogP contribution in [-0.4, -0.2) is 77.3 Å². The fourth-order valence-corrected chi connectivity index (χ4v) is 3.37. The molecule has 0 aliphatic carbocycles. The number of nitrogens with zero attached hydrogens (tertiary/aromatic N) is 3. The molecule has 23 heavy (non-hydrogen) atoms. The summed E-state index contributed by atoms with van der Waals surface area (Å²) in [6.07, 6.45) is 6.08. The van der Waals surface area contributed by atoms with E-state index in [9.17, 15) is 9.90 Å². The zero-order valence-electron chi connectivity index (χ0n) is 13.5. The number of aliphatic hydroxyl groups is 1. The molecule has 1 amide bonds. The van der Waals surface area contributed by atoms with Gasteiger partial charge in [-0.15, -0.1) is 0 Å². The van der Waals surface area contributed by atoms with Gasteiger partial charge in [0.05, 0.1) is 26.2 Å². The normalized spacial score (nSPS) is 26.2. The van der Waals surface area contributed by atoms with Crippen LogP contribution in [0.15, 0.2) is 24.5 Å². The lowest BCUT2D eigenvalue weighted by Crippen LogP contribution is -2.53. The summed E-state index contributed by atoms with van der Waals surface area (Å²) < 4.78 is 5.57. The zero-order valence-corrected chi connectivity index (χ0v) is 13.5. The lowest BCUT2D eigenvalue weighted by Gasteiger charge is -2.34. The molecule has 0 radical (unpaired) electrons. The molecule has 6 nitrogen and oxygen atoms in total. The molecule has 0 spiro atoms. The summed E-state index contributed by atoms with van der Waals surface area (Å²) in [6.45, 7) is 4.24. The maximum Gasteiger partial charge on any atom is 0.227 e. The summed E-state index contributed by atoms with van der Waals surface area (Å²) in [7, 11) is 0. The average molecular weight is 319 g/mol. The van der Waals surface area contributed by atoms with E-state index in [1.807, 2.05) is 12.1 Å². The Kier molecular flexibility index (Phi) is 5.25. The van der Waals surface area contributed by atoms with E-state index >= 15 is 0 Å². The first-order valence-corrected chi connectivity index (χ1v) is 8.34. The summed E-state index contributed by atoms with van der Waals surface area (Å²) in [6, 6.07) is 3.73. The summed E-state index contributed by atoms with van der Waals surface area (Å²) >= 11 is 0. The zero-order chi connectivity index (χ0) is 16.1. The van der Waals surface area contributed by atoms with Gasteiger partial charge in [-0.1, -0.05) is 6.07 Å². The molecule has 0 saturated carbocycles. The van der Waals surface area contributed by atoms with Crippen LogP contribution < -0.4 is 0 Å². The first-order valence-electron chi connectivity index (χ1n) is 8.34. The average Bonchev–Trinajstić information content (AvgIpc) is 2.96. The first-order chi connectivity index (χ1) is 11.1. The smallest absolute Gasteiger partial charge is 0.227 e. The minimum Gasteiger partial charge on any atom is -0.384 e. The molecule has 2 fully saturated rings. The number of amides is 1. The second-order valence-electron chi connectivity index (χ2n) is 6.61. The van der Waals surface area contributed by atoms with Crippen molar-refractivity contribution >= 4 is 5.91 Å². The highest BCUT2D eigenvalue weighted by molar-refractivity contribution is 5.78. The molecule has 126 valence electrons. The van der Waals surface area contributed by atoms with Gasteiger partial charge in [-0.2, -0.15) is 0 Å². The third-order valence-corrected chi connectivity index (χ3v) is 4.51. The Labute approximate surface area is 137 Å². The fraction of sp³-hybridized carbons (Fsp3) is 0.647. The first kappa shape index (κ1) is 16.4. The molecule has 0 bridgehead atoms. The molecular weight excluding hydrogens is 294 g/mol. The van der Waals surface area contributed by atoms with Gasteiger partial charge in [0, 0.05) is 25.5 Å². The van der Waals surface area contributed by atoms with E-state index in [0.717, 1.165) is 18.7 Å². The predicted octanol–water partition coefficient (Wildman–Crippen LogP) is 0.310. The maximum atomic E-state index is 12.6. The van der Waals surface area contributed by atoms with Crippen molar-refractivity contribution in [1.82, 2.24) is 14.8 Å². The van der Waals surface area contributed by atoms with E-state index in [1.165, 1.54) is 12.8 Å². The maximum absolute atomic E-state index is 12.6. The standard InChI is InChI=1S/C17H25N3O3/c21-16(10-15-4-3-5-18-11-15)20-8-9-23-14-17(22,13-20)12-19-6-1-2-7-19/h3-5,11,22H,1-2,6-10,12-14H2/t17-/m0/s1. The third-order valence-electron chi connectivity index (χ3n) is 4.51. The minimum absolute atomic E-state index is 0.0170. The van der Waals surface area contributed by atoms with Crippen LogP contribution in [0, 0.1) is 0 Å². The van der Waals surface area contributed by atoms with E-state index in [1.54, 1.807) is 17.3 Å². The van der Waals surface area contributed by atoms with E-state index in [4.69, 9.17) is 4.74 Å². The molecule has 2 aliphatic heterocycles. The van der Waals surface area contributed by atoms with Crippen LogP contribution in [0.4, 0.5) is 0 Å². The second kappa shape index (κ2) is 7.38. The topological polar surface area (TPSA) is 65.9 Å². The van der Waals surface area contributed by atoms with Crippen molar-refractivity contribution in [2.24, 2.45) is 0 Å². The van der Waals surface area contributed by atoms with E-state index in [0.29, 0.717) is 39.3 Å². The Hall–Kier alpha value is -1.50. The molecule has 1 N–H and O–H groups in total. The number of likely N-dealkylation sites (tertiary alicyclic amines) is 1. The quantitative estimate of drug-likeness (QED) is 0.865. The van der Waals surface area contributed by atoms with Crippen LogP contribution in [0.2, 0.25) is 0 Å². The SMILES string of the molecule is O=C(Cc1cccnc1)N1CCOC[C@](O)(CN2CCCC2)C1. The number of hydrogen-bond acceptors (Lipinski definition) is 5. The highest BCUT2D eigenvalue weighted by Gasteiger charge is 2.36. The molecule has 3 rings (SSSR count). The number of β-amino-alcohol motifs (C(OH)–C–C–N with tert-alkyl or cyclic N) is 1. The van der Waals surface area contributed by atoms with Crippen LogP contribution in [0.1, 0.15) is 18.4 Å². The molecule has 0 unspecified atom stereocenters. The summed E-state index contributed by atoms with van der Waals surface area (Å²) in [5, 5.41) is 10.9. The lowest BCUT2D eigenvalue weighted by molar-refractivity contribution is -0.133. The Morgan fingerprint density at radius 1 is 1.35 bits per heavy atom. The van der Waals surface area contributed by atoms with Crippen LogP contribution in [0.5, 0.6) is 0 Å². The van der Waals surface area contributed by atoms with Crippen molar-refractivity contribution in [1.29, 1.82) is 0 Å².